The average molecular weight is 879 g/mol. The van der Waals surface area contributed by atoms with Crippen LogP contribution in [0.25, 0.3) is 55.6 Å². The van der Waals surface area contributed by atoms with Crippen LogP contribution in [0.1, 0.15) is 22.3 Å². The van der Waals surface area contributed by atoms with Crippen molar-refractivity contribution in [3.63, 3.8) is 0 Å². The lowest BCUT2D eigenvalue weighted by Crippen LogP contribution is -2.26. The fourth-order valence-corrected chi connectivity index (χ4v) is 11.3. The van der Waals surface area contributed by atoms with Crippen molar-refractivity contribution < 1.29 is 0 Å². The lowest BCUT2D eigenvalue weighted by molar-refractivity contribution is 0.793. The Labute approximate surface area is 404 Å². The maximum atomic E-state index is 2.49. The number of hydrogen-bond donors (Lipinski definition) is 0. The summed E-state index contributed by atoms with van der Waals surface area (Å²) in [6.45, 7) is 0. The molecule has 0 saturated carbocycles. The zero-order chi connectivity index (χ0) is 45.7. The molecular weight excluding hydrogens is 833 g/mol. The van der Waals surface area contributed by atoms with E-state index in [1.54, 1.807) is 0 Å². The van der Waals surface area contributed by atoms with Gasteiger partial charge in [-0.25, -0.2) is 0 Å². The highest BCUT2D eigenvalue weighted by atomic mass is 15.1. The maximum absolute atomic E-state index is 2.49. The molecule has 0 N–H and O–H groups in total. The monoisotopic (exact) mass is 878 g/mol. The van der Waals surface area contributed by atoms with Gasteiger partial charge in [-0.05, 0) is 139 Å². The van der Waals surface area contributed by atoms with Crippen molar-refractivity contribution in [2.75, 3.05) is 9.80 Å². The van der Waals surface area contributed by atoms with E-state index in [2.05, 4.69) is 289 Å². The highest BCUT2D eigenvalue weighted by molar-refractivity contribution is 5.98. The summed E-state index contributed by atoms with van der Waals surface area (Å²) in [4.78, 5) is 4.86. The molecule has 2 aliphatic carbocycles. The zero-order valence-corrected chi connectivity index (χ0v) is 38.0. The van der Waals surface area contributed by atoms with Gasteiger partial charge < -0.3 is 9.80 Å². The Bertz CT molecular complexity index is 3660. The molecule has 0 saturated heterocycles. The van der Waals surface area contributed by atoms with Gasteiger partial charge in [-0.3, -0.25) is 0 Å². The lowest BCUT2D eigenvalue weighted by atomic mass is 9.70. The molecule has 0 heterocycles. The molecule has 0 aromatic heterocycles. The molecule has 1 atom stereocenters. The van der Waals surface area contributed by atoms with E-state index in [1.165, 1.54) is 77.9 Å². The summed E-state index contributed by atoms with van der Waals surface area (Å²) in [5.41, 5.74) is 23.5. The predicted octanol–water partition coefficient (Wildman–Crippen LogP) is 18.0. The smallest absolute Gasteiger partial charge is 0.0726 e. The first-order valence-electron chi connectivity index (χ1n) is 23.8. The van der Waals surface area contributed by atoms with Crippen molar-refractivity contribution in [2.45, 2.75) is 5.41 Å². The summed E-state index contributed by atoms with van der Waals surface area (Å²) in [7, 11) is 0. The van der Waals surface area contributed by atoms with Gasteiger partial charge in [-0.1, -0.05) is 212 Å². The molecule has 2 nitrogen and oxygen atoms in total. The predicted molar refractivity (Wildman–Crippen MR) is 288 cm³/mol. The fourth-order valence-electron chi connectivity index (χ4n) is 11.3. The Kier molecular flexibility index (Phi) is 9.77. The minimum Gasteiger partial charge on any atom is -0.310 e. The molecule has 69 heavy (non-hydrogen) atoms. The van der Waals surface area contributed by atoms with E-state index in [0.29, 0.717) is 0 Å². The largest absolute Gasteiger partial charge is 0.310 e. The van der Waals surface area contributed by atoms with Crippen molar-refractivity contribution >= 4 is 34.1 Å². The van der Waals surface area contributed by atoms with E-state index in [-0.39, 0.29) is 0 Å². The van der Waals surface area contributed by atoms with E-state index in [4.69, 9.17) is 0 Å². The summed E-state index contributed by atoms with van der Waals surface area (Å²) in [5, 5.41) is 0. The van der Waals surface area contributed by atoms with Gasteiger partial charge in [0.2, 0.25) is 0 Å². The van der Waals surface area contributed by atoms with Crippen molar-refractivity contribution in [3.8, 4) is 55.6 Å². The molecule has 0 fully saturated rings. The quantitative estimate of drug-likeness (QED) is 0.143. The SMILES string of the molecule is c1ccc(-c2ccc(N(c3cccc(-c4ccccc4)c3)c3ccc4c(c3)C3(c5ccccc5-c5cc(N(c6ccccc6)c6ccccc6-c6ccccc6)ccc53)c3ccccc3-4)cc2)cc1. The molecule has 2 aliphatic rings. The zero-order valence-electron chi connectivity index (χ0n) is 38.0. The first-order chi connectivity index (χ1) is 34.2. The van der Waals surface area contributed by atoms with Crippen molar-refractivity contribution in [1.29, 1.82) is 0 Å². The maximum Gasteiger partial charge on any atom is 0.0726 e. The molecule has 2 heteroatoms. The summed E-state index contributed by atoms with van der Waals surface area (Å²) in [6, 6.07) is 102. The van der Waals surface area contributed by atoms with Crippen LogP contribution in [0, 0.1) is 0 Å². The second-order valence-corrected chi connectivity index (χ2v) is 18.0. The van der Waals surface area contributed by atoms with Crippen LogP contribution in [0.4, 0.5) is 34.1 Å². The normalized spacial score (nSPS) is 13.9. The molecule has 0 amide bonds. The number of benzene rings is 11. The third kappa shape index (κ3) is 6.64. The third-order valence-corrected chi connectivity index (χ3v) is 14.3. The first-order valence-corrected chi connectivity index (χ1v) is 23.8. The van der Waals surface area contributed by atoms with E-state index >= 15 is 0 Å². The van der Waals surface area contributed by atoms with Crippen LogP contribution in [0.3, 0.4) is 0 Å². The Morgan fingerprint density at radius 3 is 1.30 bits per heavy atom. The van der Waals surface area contributed by atoms with Crippen molar-refractivity contribution in [2.24, 2.45) is 0 Å². The molecule has 13 rings (SSSR count). The van der Waals surface area contributed by atoms with E-state index in [0.717, 1.165) is 34.1 Å². The van der Waals surface area contributed by atoms with Crippen LogP contribution in [0.2, 0.25) is 0 Å². The van der Waals surface area contributed by atoms with Gasteiger partial charge in [-0.2, -0.15) is 0 Å². The number of anilines is 6. The second kappa shape index (κ2) is 16.7. The lowest BCUT2D eigenvalue weighted by Gasteiger charge is -2.33. The molecule has 11 aromatic rings. The molecule has 0 bridgehead atoms. The van der Waals surface area contributed by atoms with E-state index < -0.39 is 5.41 Å². The third-order valence-electron chi connectivity index (χ3n) is 14.3. The highest BCUT2D eigenvalue weighted by Gasteiger charge is 2.52. The van der Waals surface area contributed by atoms with Gasteiger partial charge in [0.25, 0.3) is 0 Å². The minimum atomic E-state index is -0.555. The van der Waals surface area contributed by atoms with Gasteiger partial charge in [0.15, 0.2) is 0 Å². The molecular formula is C67H46N2. The molecule has 1 spiro atoms. The summed E-state index contributed by atoms with van der Waals surface area (Å²) in [5.74, 6) is 0. The van der Waals surface area contributed by atoms with Crippen LogP contribution in [-0.2, 0) is 5.41 Å². The Balaban J connectivity index is 1.02. The first kappa shape index (κ1) is 40.3. The molecule has 0 aliphatic heterocycles. The van der Waals surface area contributed by atoms with Gasteiger partial charge in [0, 0.05) is 34.0 Å². The van der Waals surface area contributed by atoms with Crippen LogP contribution in [-0.4, -0.2) is 0 Å². The Morgan fingerprint density at radius 2 is 0.623 bits per heavy atom. The molecule has 0 radical (unpaired) electrons. The molecule has 1 unspecified atom stereocenters. The van der Waals surface area contributed by atoms with Gasteiger partial charge >= 0.3 is 0 Å². The van der Waals surface area contributed by atoms with Gasteiger partial charge in [0.05, 0.1) is 11.1 Å². The minimum absolute atomic E-state index is 0.555. The standard InChI is InChI=1S/C67H46N2/c1-5-20-47(21-6-1)49-36-38-53(39-37-49)68(54-29-19-26-51(44-54)48-22-7-2-8-23-48)56-40-42-60-58-31-13-16-33-62(58)67(65(60)46-56)63-34-17-14-32-59(63)61-45-55(41-43-64(61)67)69(52-27-11-4-12-28-52)66-35-18-15-30-57(66)50-24-9-3-10-25-50/h1-46H. The van der Waals surface area contributed by atoms with E-state index in [1.807, 2.05) is 0 Å². The van der Waals surface area contributed by atoms with Gasteiger partial charge in [-0.15, -0.1) is 0 Å². The number of para-hydroxylation sites is 2. The average Bonchev–Trinajstić information content (AvgIpc) is 3.89. The number of nitrogens with zero attached hydrogens (tertiary/aromatic N) is 2. The van der Waals surface area contributed by atoms with Crippen LogP contribution >= 0.6 is 0 Å². The summed E-state index contributed by atoms with van der Waals surface area (Å²) < 4.78 is 0. The Morgan fingerprint density at radius 1 is 0.203 bits per heavy atom. The molecule has 11 aromatic carbocycles. The van der Waals surface area contributed by atoms with Crippen molar-refractivity contribution in [3.05, 3.63) is 301 Å². The van der Waals surface area contributed by atoms with Crippen LogP contribution in [0.5, 0.6) is 0 Å². The van der Waals surface area contributed by atoms with Crippen LogP contribution < -0.4 is 9.80 Å². The number of hydrogen-bond acceptors (Lipinski definition) is 2. The second-order valence-electron chi connectivity index (χ2n) is 18.0. The van der Waals surface area contributed by atoms with Crippen LogP contribution in [0.15, 0.2) is 279 Å². The number of rotatable bonds is 9. The van der Waals surface area contributed by atoms with Gasteiger partial charge in [0.1, 0.15) is 0 Å². The number of fused-ring (bicyclic) bond motifs is 10. The van der Waals surface area contributed by atoms with Crippen molar-refractivity contribution in [1.82, 2.24) is 0 Å². The summed E-state index contributed by atoms with van der Waals surface area (Å²) >= 11 is 0. The van der Waals surface area contributed by atoms with E-state index in [9.17, 15) is 0 Å². The summed E-state index contributed by atoms with van der Waals surface area (Å²) in [6.07, 6.45) is 0. The Hall–Kier alpha value is -8.98. The highest BCUT2D eigenvalue weighted by Crippen LogP contribution is 2.64. The fraction of sp³-hybridized carbons (Fsp3) is 0.0149. The molecule has 324 valence electrons. The topological polar surface area (TPSA) is 6.48 Å².